The number of allylic oxidation sites excluding steroid dienone is 1. The smallest absolute Gasteiger partial charge is 0.457 e. The molecule has 3 fully saturated rings. The number of aliphatic hydroxyl groups is 1. The Labute approximate surface area is 225 Å². The minimum absolute atomic E-state index is 0.0292. The van der Waals surface area contributed by atoms with Crippen LogP contribution in [0.3, 0.4) is 0 Å². The second kappa shape index (κ2) is 11.1. The molecular weight excluding hydrogens is 488 g/mol. The van der Waals surface area contributed by atoms with Gasteiger partial charge in [-0.05, 0) is 74.2 Å². The summed E-state index contributed by atoms with van der Waals surface area (Å²) in [5.41, 5.74) is -1.51. The zero-order valence-electron chi connectivity index (χ0n) is 23.4. The first-order chi connectivity index (χ1) is 18.0. The van der Waals surface area contributed by atoms with Gasteiger partial charge in [0.25, 0.3) is 0 Å². The number of Topliss-reactive ketones (excluding diaryl/α,β-unsaturated/α-hetero) is 1. The minimum atomic E-state index is -1.54. The molecule has 1 N–H and O–H groups in total. The van der Waals surface area contributed by atoms with Gasteiger partial charge < -0.3 is 19.3 Å². The van der Waals surface area contributed by atoms with Crippen molar-refractivity contribution in [3.05, 3.63) is 11.6 Å². The van der Waals surface area contributed by atoms with Gasteiger partial charge >= 0.3 is 12.1 Å². The standard InChI is InChI=1S/C30H44O8/c1-5-7-8-15-36-27(35)38-30(24(33)18-37-25(34)6-2)14-12-22-21-10-9-19-16-20(31)11-13-28(19,3)26(21)23(32)17-29(22,30)4/h16,21-23,26,32H,5-15,17-18H2,1-4H3/t21-,22-,23-,26+,28-,29-,30-/m0/s1. The van der Waals surface area contributed by atoms with E-state index in [-0.39, 0.29) is 48.4 Å². The van der Waals surface area contributed by atoms with Gasteiger partial charge in [-0.15, -0.1) is 0 Å². The van der Waals surface area contributed by atoms with Crippen LogP contribution >= 0.6 is 0 Å². The predicted molar refractivity (Wildman–Crippen MR) is 139 cm³/mol. The monoisotopic (exact) mass is 532 g/mol. The van der Waals surface area contributed by atoms with Crippen molar-refractivity contribution in [1.82, 2.24) is 0 Å². The molecule has 4 aliphatic carbocycles. The van der Waals surface area contributed by atoms with E-state index in [1.807, 2.05) is 6.92 Å². The fourth-order valence-electron chi connectivity index (χ4n) is 8.40. The Kier molecular flexibility index (Phi) is 8.41. The lowest BCUT2D eigenvalue weighted by Crippen LogP contribution is -2.63. The molecule has 212 valence electrons. The van der Waals surface area contributed by atoms with E-state index in [1.165, 1.54) is 0 Å². The van der Waals surface area contributed by atoms with Gasteiger partial charge in [0.15, 0.2) is 18.0 Å². The maximum atomic E-state index is 13.8. The van der Waals surface area contributed by atoms with Crippen molar-refractivity contribution in [3.8, 4) is 0 Å². The van der Waals surface area contributed by atoms with Crippen LogP contribution in [0.15, 0.2) is 11.6 Å². The number of unbranched alkanes of at least 4 members (excludes halogenated alkanes) is 2. The molecule has 0 radical (unpaired) electrons. The van der Waals surface area contributed by atoms with Crippen LogP contribution < -0.4 is 0 Å². The number of ether oxygens (including phenoxy) is 3. The van der Waals surface area contributed by atoms with E-state index in [1.54, 1.807) is 13.0 Å². The van der Waals surface area contributed by atoms with Crippen molar-refractivity contribution in [2.75, 3.05) is 13.2 Å². The Morgan fingerprint density at radius 2 is 1.82 bits per heavy atom. The summed E-state index contributed by atoms with van der Waals surface area (Å²) in [5.74, 6) is -0.666. The van der Waals surface area contributed by atoms with E-state index in [2.05, 4.69) is 13.8 Å². The van der Waals surface area contributed by atoms with Crippen LogP contribution in [0.5, 0.6) is 0 Å². The average Bonchev–Trinajstić information content (AvgIpc) is 3.17. The number of fused-ring (bicyclic) bond motifs is 5. The number of ketones is 2. The maximum absolute atomic E-state index is 13.8. The molecule has 4 aliphatic rings. The van der Waals surface area contributed by atoms with Crippen LogP contribution in [0.4, 0.5) is 4.79 Å². The van der Waals surface area contributed by atoms with Gasteiger partial charge in [-0.1, -0.05) is 46.1 Å². The lowest BCUT2D eigenvalue weighted by atomic mass is 9.45. The highest BCUT2D eigenvalue weighted by Crippen LogP contribution is 2.68. The van der Waals surface area contributed by atoms with E-state index in [9.17, 15) is 24.3 Å². The number of aliphatic hydroxyl groups excluding tert-OH is 1. The van der Waals surface area contributed by atoms with Crippen molar-refractivity contribution in [1.29, 1.82) is 0 Å². The van der Waals surface area contributed by atoms with Gasteiger partial charge in [-0.2, -0.15) is 0 Å². The van der Waals surface area contributed by atoms with E-state index in [0.717, 1.165) is 37.7 Å². The molecule has 0 heterocycles. The molecule has 0 unspecified atom stereocenters. The third-order valence-electron chi connectivity index (χ3n) is 10.3. The van der Waals surface area contributed by atoms with E-state index >= 15 is 0 Å². The van der Waals surface area contributed by atoms with E-state index in [4.69, 9.17) is 14.2 Å². The summed E-state index contributed by atoms with van der Waals surface area (Å²) in [6.07, 6.45) is 6.97. The third kappa shape index (κ3) is 4.82. The first-order valence-electron chi connectivity index (χ1n) is 14.5. The molecule has 38 heavy (non-hydrogen) atoms. The molecule has 8 heteroatoms. The zero-order valence-corrected chi connectivity index (χ0v) is 23.4. The number of hydrogen-bond acceptors (Lipinski definition) is 8. The van der Waals surface area contributed by atoms with Gasteiger partial charge in [-0.3, -0.25) is 14.4 Å². The van der Waals surface area contributed by atoms with Gasteiger partial charge in [0.2, 0.25) is 5.78 Å². The first kappa shape index (κ1) is 28.8. The normalized spacial score (nSPS) is 37.8. The van der Waals surface area contributed by atoms with Crippen LogP contribution in [0, 0.1) is 28.6 Å². The van der Waals surface area contributed by atoms with Crippen LogP contribution in [-0.2, 0) is 28.6 Å². The van der Waals surface area contributed by atoms with Gasteiger partial charge in [0.05, 0.1) is 12.7 Å². The highest BCUT2D eigenvalue weighted by Gasteiger charge is 2.70. The summed E-state index contributed by atoms with van der Waals surface area (Å²) in [4.78, 5) is 50.8. The van der Waals surface area contributed by atoms with Crippen LogP contribution in [0.2, 0.25) is 0 Å². The van der Waals surface area contributed by atoms with Crippen molar-refractivity contribution in [2.24, 2.45) is 28.6 Å². The van der Waals surface area contributed by atoms with Gasteiger partial charge in [0, 0.05) is 18.3 Å². The Morgan fingerprint density at radius 3 is 2.53 bits per heavy atom. The van der Waals surface area contributed by atoms with Crippen LogP contribution in [-0.4, -0.2) is 53.7 Å². The summed E-state index contributed by atoms with van der Waals surface area (Å²) in [6, 6.07) is 0. The predicted octanol–water partition coefficient (Wildman–Crippen LogP) is 5.09. The molecule has 0 amide bonds. The van der Waals surface area contributed by atoms with Gasteiger partial charge in [0.1, 0.15) is 0 Å². The Hall–Kier alpha value is -2.22. The summed E-state index contributed by atoms with van der Waals surface area (Å²) in [5, 5.41) is 11.7. The van der Waals surface area contributed by atoms with E-state index < -0.39 is 41.6 Å². The SMILES string of the molecule is CCCCCOC(=O)O[C@]1(C(=O)COC(=O)CC)CC[C@H]2[C@@H]3CCC4=CC(=O)CC[C@]4(C)[C@H]3[C@@H](O)C[C@@]21C. The fraction of sp³-hybridized carbons (Fsp3) is 0.800. The number of rotatable bonds is 9. The number of carbonyl (C=O) groups is 4. The topological polar surface area (TPSA) is 116 Å². The molecule has 4 rings (SSSR count). The zero-order chi connectivity index (χ0) is 27.7. The van der Waals surface area contributed by atoms with Crippen LogP contribution in [0.1, 0.15) is 98.3 Å². The largest absolute Gasteiger partial charge is 0.509 e. The summed E-state index contributed by atoms with van der Waals surface area (Å²) >= 11 is 0. The molecule has 0 saturated heterocycles. The van der Waals surface area contributed by atoms with Crippen LogP contribution in [0.25, 0.3) is 0 Å². The van der Waals surface area contributed by atoms with Crippen molar-refractivity contribution in [2.45, 2.75) is 110 Å². The second-order valence-corrected chi connectivity index (χ2v) is 12.3. The Balaban J connectivity index is 1.64. The molecule has 0 bridgehead atoms. The molecule has 3 saturated carbocycles. The van der Waals surface area contributed by atoms with Crippen molar-refractivity contribution < 1.29 is 38.5 Å². The highest BCUT2D eigenvalue weighted by atomic mass is 16.7. The number of esters is 1. The molecule has 0 aromatic carbocycles. The van der Waals surface area contributed by atoms with Crippen molar-refractivity contribution in [3.63, 3.8) is 0 Å². The molecule has 0 aromatic rings. The number of hydrogen-bond donors (Lipinski definition) is 1. The molecule has 0 aromatic heterocycles. The van der Waals surface area contributed by atoms with E-state index in [0.29, 0.717) is 25.7 Å². The lowest BCUT2D eigenvalue weighted by molar-refractivity contribution is -0.188. The minimum Gasteiger partial charge on any atom is -0.457 e. The fourth-order valence-corrected chi connectivity index (χ4v) is 8.40. The summed E-state index contributed by atoms with van der Waals surface area (Å²) in [6.45, 7) is 7.57. The highest BCUT2D eigenvalue weighted by molar-refractivity contribution is 5.93. The molecule has 8 nitrogen and oxygen atoms in total. The Bertz CT molecular complexity index is 987. The second-order valence-electron chi connectivity index (χ2n) is 12.3. The first-order valence-corrected chi connectivity index (χ1v) is 14.5. The third-order valence-corrected chi connectivity index (χ3v) is 10.3. The molecule has 7 atom stereocenters. The molecule has 0 spiro atoms. The quantitative estimate of drug-likeness (QED) is 0.322. The molecular formula is C30H44O8. The average molecular weight is 533 g/mol. The lowest BCUT2D eigenvalue weighted by Gasteiger charge is -2.60. The summed E-state index contributed by atoms with van der Waals surface area (Å²) in [7, 11) is 0. The number of carbonyl (C=O) groups excluding carboxylic acids is 4. The van der Waals surface area contributed by atoms with Gasteiger partial charge in [-0.25, -0.2) is 4.79 Å². The molecule has 0 aliphatic heterocycles. The summed E-state index contributed by atoms with van der Waals surface area (Å²) < 4.78 is 16.6. The van der Waals surface area contributed by atoms with Crippen molar-refractivity contribution >= 4 is 23.7 Å². The maximum Gasteiger partial charge on any atom is 0.509 e. The Morgan fingerprint density at radius 1 is 1.05 bits per heavy atom.